The highest BCUT2D eigenvalue weighted by atomic mass is 79.9. The number of aryl methyl sites for hydroxylation is 1. The number of benzene rings is 1. The van der Waals surface area contributed by atoms with E-state index in [1.165, 1.54) is 24.3 Å². The third-order valence-corrected chi connectivity index (χ3v) is 8.34. The molecule has 2 heterocycles. The number of anilines is 1. The Morgan fingerprint density at radius 2 is 2.08 bits per heavy atom. The molecule has 0 radical (unpaired) electrons. The summed E-state index contributed by atoms with van der Waals surface area (Å²) in [6, 6.07) is 5.53. The molecule has 26 heavy (non-hydrogen) atoms. The van der Waals surface area contributed by atoms with Crippen molar-refractivity contribution in [3.8, 4) is 0 Å². The molecule has 1 fully saturated rings. The molecule has 0 aliphatic carbocycles. The van der Waals surface area contributed by atoms with Crippen LogP contribution in [-0.2, 0) is 14.6 Å². The first-order valence-corrected chi connectivity index (χ1v) is 11.0. The summed E-state index contributed by atoms with van der Waals surface area (Å²) in [7, 11) is -3.50. The van der Waals surface area contributed by atoms with Crippen molar-refractivity contribution in [1.82, 2.24) is 0 Å². The monoisotopic (exact) mass is 461 g/mol. The van der Waals surface area contributed by atoms with Crippen LogP contribution in [0.4, 0.5) is 10.1 Å². The van der Waals surface area contributed by atoms with Gasteiger partial charge in [0.1, 0.15) is 10.0 Å². The van der Waals surface area contributed by atoms with Crippen LogP contribution in [0.15, 0.2) is 32.9 Å². The molecule has 5 nitrogen and oxygen atoms in total. The molecule has 1 aliphatic heterocycles. The lowest BCUT2D eigenvalue weighted by molar-refractivity contribution is -0.0869. The van der Waals surface area contributed by atoms with Gasteiger partial charge in [0.2, 0.25) is 0 Å². The smallest absolute Gasteiger partial charge is 0.256 e. The Morgan fingerprint density at radius 3 is 2.65 bits per heavy atom. The van der Waals surface area contributed by atoms with E-state index in [1.807, 2.05) is 6.92 Å². The number of amides is 1. The molecular weight excluding hydrogens is 445 g/mol. The molecule has 140 valence electrons. The van der Waals surface area contributed by atoms with E-state index in [1.54, 1.807) is 6.92 Å². The van der Waals surface area contributed by atoms with Crippen LogP contribution < -0.4 is 5.32 Å². The van der Waals surface area contributed by atoms with Crippen LogP contribution in [0.5, 0.6) is 0 Å². The van der Waals surface area contributed by atoms with Crippen molar-refractivity contribution < 1.29 is 22.3 Å². The number of halogens is 2. The number of ether oxygens (including phenoxy) is 1. The Balaban J connectivity index is 1.80. The number of rotatable bonds is 5. The van der Waals surface area contributed by atoms with E-state index in [0.717, 1.165) is 11.3 Å². The standard InChI is InChI=1S/C17H17BrFNO4S2/c1-10-12(16(21)20-11-3-4-14(19)13(18)5-11)6-15(25-10)26(22,23)9-17(2)7-24-8-17/h3-6H,7-9H2,1-2H3,(H,20,21). The molecule has 1 aromatic heterocycles. The second kappa shape index (κ2) is 7.03. The maximum atomic E-state index is 13.3. The van der Waals surface area contributed by atoms with Crippen molar-refractivity contribution in [2.45, 2.75) is 18.1 Å². The van der Waals surface area contributed by atoms with Crippen molar-refractivity contribution in [1.29, 1.82) is 0 Å². The first-order valence-electron chi connectivity index (χ1n) is 7.77. The summed E-state index contributed by atoms with van der Waals surface area (Å²) in [5.41, 5.74) is 0.334. The first kappa shape index (κ1) is 19.5. The Morgan fingerprint density at radius 1 is 1.38 bits per heavy atom. The summed E-state index contributed by atoms with van der Waals surface area (Å²) in [5.74, 6) is -0.875. The predicted molar refractivity (Wildman–Crippen MR) is 102 cm³/mol. The minimum absolute atomic E-state index is 0.00801. The van der Waals surface area contributed by atoms with Gasteiger partial charge >= 0.3 is 0 Å². The molecule has 0 spiro atoms. The van der Waals surface area contributed by atoms with Gasteiger partial charge in [-0.25, -0.2) is 12.8 Å². The molecule has 0 bridgehead atoms. The third-order valence-electron chi connectivity index (χ3n) is 4.06. The summed E-state index contributed by atoms with van der Waals surface area (Å²) in [6.07, 6.45) is 0. The number of carbonyl (C=O) groups excluding carboxylic acids is 1. The van der Waals surface area contributed by atoms with E-state index in [4.69, 9.17) is 4.74 Å². The molecule has 2 aromatic rings. The van der Waals surface area contributed by atoms with Crippen molar-refractivity contribution in [3.63, 3.8) is 0 Å². The Hall–Kier alpha value is -1.29. The maximum Gasteiger partial charge on any atom is 0.256 e. The summed E-state index contributed by atoms with van der Waals surface area (Å²) < 4.78 is 44.1. The molecule has 1 N–H and O–H groups in total. The zero-order valence-electron chi connectivity index (χ0n) is 14.1. The second-order valence-electron chi connectivity index (χ2n) is 6.68. The highest BCUT2D eigenvalue weighted by Gasteiger charge is 2.39. The maximum absolute atomic E-state index is 13.3. The highest BCUT2D eigenvalue weighted by molar-refractivity contribution is 9.10. The molecule has 1 aromatic carbocycles. The highest BCUT2D eigenvalue weighted by Crippen LogP contribution is 2.34. The van der Waals surface area contributed by atoms with Crippen LogP contribution in [0.1, 0.15) is 22.2 Å². The van der Waals surface area contributed by atoms with Crippen LogP contribution >= 0.6 is 27.3 Å². The average molecular weight is 462 g/mol. The van der Waals surface area contributed by atoms with Crippen LogP contribution in [0, 0.1) is 18.2 Å². The van der Waals surface area contributed by atoms with Gasteiger partial charge in [-0.2, -0.15) is 0 Å². The molecule has 1 aliphatic rings. The van der Waals surface area contributed by atoms with Gasteiger partial charge in [-0.3, -0.25) is 4.79 Å². The van der Waals surface area contributed by atoms with Crippen molar-refractivity contribution in [3.05, 3.63) is 45.0 Å². The van der Waals surface area contributed by atoms with Gasteiger partial charge in [0, 0.05) is 16.0 Å². The fraction of sp³-hybridized carbons (Fsp3) is 0.353. The van der Waals surface area contributed by atoms with Gasteiger partial charge in [-0.05, 0) is 47.1 Å². The van der Waals surface area contributed by atoms with E-state index >= 15 is 0 Å². The van der Waals surface area contributed by atoms with E-state index < -0.39 is 21.6 Å². The zero-order chi connectivity index (χ0) is 19.1. The SMILES string of the molecule is Cc1sc(S(=O)(=O)CC2(C)COC2)cc1C(=O)Nc1ccc(F)c(Br)c1. The van der Waals surface area contributed by atoms with Crippen molar-refractivity contribution in [2.75, 3.05) is 24.3 Å². The molecule has 3 rings (SSSR count). The number of hydrogen-bond acceptors (Lipinski definition) is 5. The Bertz CT molecular complexity index is 967. The Labute approximate surface area is 163 Å². The summed E-state index contributed by atoms with van der Waals surface area (Å²) in [6.45, 7) is 4.41. The summed E-state index contributed by atoms with van der Waals surface area (Å²) in [5, 5.41) is 2.66. The molecule has 0 atom stereocenters. The number of hydrogen-bond donors (Lipinski definition) is 1. The van der Waals surface area contributed by atoms with Crippen LogP contribution in [0.2, 0.25) is 0 Å². The lowest BCUT2D eigenvalue weighted by Crippen LogP contribution is -2.45. The van der Waals surface area contributed by atoms with E-state index in [9.17, 15) is 17.6 Å². The minimum atomic E-state index is -3.50. The van der Waals surface area contributed by atoms with Gasteiger partial charge < -0.3 is 10.1 Å². The van der Waals surface area contributed by atoms with Crippen LogP contribution in [0.3, 0.4) is 0 Å². The number of carbonyl (C=O) groups is 1. The van der Waals surface area contributed by atoms with Gasteiger partial charge in [0.05, 0.1) is 29.0 Å². The third kappa shape index (κ3) is 4.00. The topological polar surface area (TPSA) is 72.5 Å². The van der Waals surface area contributed by atoms with Gasteiger partial charge in [0.15, 0.2) is 9.84 Å². The van der Waals surface area contributed by atoms with E-state index in [-0.39, 0.29) is 19.8 Å². The Kier molecular flexibility index (Phi) is 5.26. The lowest BCUT2D eigenvalue weighted by Gasteiger charge is -2.37. The molecule has 0 unspecified atom stereocenters. The number of thiophene rings is 1. The molecule has 9 heteroatoms. The van der Waals surface area contributed by atoms with Gasteiger partial charge in [-0.15, -0.1) is 11.3 Å². The fourth-order valence-electron chi connectivity index (χ4n) is 2.67. The summed E-state index contributed by atoms with van der Waals surface area (Å²) >= 11 is 4.15. The van der Waals surface area contributed by atoms with Crippen LogP contribution in [-0.4, -0.2) is 33.3 Å². The minimum Gasteiger partial charge on any atom is -0.380 e. The van der Waals surface area contributed by atoms with Gasteiger partial charge in [0.25, 0.3) is 5.91 Å². The average Bonchev–Trinajstić information content (AvgIpc) is 2.92. The molecule has 1 amide bonds. The lowest BCUT2D eigenvalue weighted by atomic mass is 9.92. The summed E-state index contributed by atoms with van der Waals surface area (Å²) in [4.78, 5) is 13.1. The first-order chi connectivity index (χ1) is 12.1. The van der Waals surface area contributed by atoms with Gasteiger partial charge in [-0.1, -0.05) is 6.92 Å². The zero-order valence-corrected chi connectivity index (χ0v) is 17.4. The number of sulfone groups is 1. The normalized spacial score (nSPS) is 16.2. The van der Waals surface area contributed by atoms with Crippen LogP contribution in [0.25, 0.3) is 0 Å². The predicted octanol–water partition coefficient (Wildman–Crippen LogP) is 4.02. The quantitative estimate of drug-likeness (QED) is 0.729. The number of nitrogens with one attached hydrogen (secondary N) is 1. The largest absolute Gasteiger partial charge is 0.380 e. The fourth-order valence-corrected chi connectivity index (χ4v) is 6.37. The van der Waals surface area contributed by atoms with Crippen molar-refractivity contribution in [2.24, 2.45) is 5.41 Å². The van der Waals surface area contributed by atoms with E-state index in [0.29, 0.717) is 29.3 Å². The van der Waals surface area contributed by atoms with E-state index in [2.05, 4.69) is 21.2 Å². The molecule has 1 saturated heterocycles. The molecule has 0 saturated carbocycles. The molecular formula is C17H17BrFNO4S2. The van der Waals surface area contributed by atoms with Crippen molar-refractivity contribution >= 4 is 48.7 Å². The second-order valence-corrected chi connectivity index (χ2v) is 11.0.